The topological polar surface area (TPSA) is 66.9 Å². The third kappa shape index (κ3) is 3.35. The Morgan fingerprint density at radius 2 is 1.74 bits per heavy atom. The molecule has 0 spiro atoms. The van der Waals surface area contributed by atoms with Gasteiger partial charge in [0.15, 0.2) is 0 Å². The molecule has 1 aromatic rings. The summed E-state index contributed by atoms with van der Waals surface area (Å²) in [6, 6.07) is 6.83. The van der Waals surface area contributed by atoms with E-state index in [1.54, 1.807) is 29.2 Å². The van der Waals surface area contributed by atoms with Crippen molar-refractivity contribution < 1.29 is 17.9 Å². The van der Waals surface area contributed by atoms with Crippen LogP contribution in [0.2, 0.25) is 0 Å². The van der Waals surface area contributed by atoms with Gasteiger partial charge in [-0.3, -0.25) is 9.10 Å². The fourth-order valence-corrected chi connectivity index (χ4v) is 4.79. The predicted molar refractivity (Wildman–Crippen MR) is 88.1 cm³/mol. The Bertz CT molecular complexity index is 677. The van der Waals surface area contributed by atoms with Crippen molar-refractivity contribution in [1.29, 1.82) is 0 Å². The molecule has 1 amide bonds. The summed E-state index contributed by atoms with van der Waals surface area (Å²) in [5.41, 5.74) is 1.20. The molecule has 2 saturated heterocycles. The molecule has 2 fully saturated rings. The van der Waals surface area contributed by atoms with E-state index in [2.05, 4.69) is 0 Å². The van der Waals surface area contributed by atoms with E-state index in [0.29, 0.717) is 37.3 Å². The maximum atomic E-state index is 12.6. The highest BCUT2D eigenvalue weighted by atomic mass is 32.2. The van der Waals surface area contributed by atoms with Crippen LogP contribution in [0.15, 0.2) is 24.3 Å². The van der Waals surface area contributed by atoms with Crippen LogP contribution in [0.3, 0.4) is 0 Å². The summed E-state index contributed by atoms with van der Waals surface area (Å²) in [7, 11) is -3.19. The van der Waals surface area contributed by atoms with Crippen molar-refractivity contribution in [2.24, 2.45) is 0 Å². The molecule has 2 aliphatic heterocycles. The van der Waals surface area contributed by atoms with E-state index in [0.717, 1.165) is 0 Å². The van der Waals surface area contributed by atoms with Gasteiger partial charge in [-0.1, -0.05) is 0 Å². The van der Waals surface area contributed by atoms with Crippen molar-refractivity contribution in [1.82, 2.24) is 4.90 Å². The molecule has 2 atom stereocenters. The molecule has 0 N–H and O–H groups in total. The van der Waals surface area contributed by atoms with E-state index in [1.807, 2.05) is 13.8 Å². The highest BCUT2D eigenvalue weighted by molar-refractivity contribution is 7.93. The number of ether oxygens (including phenoxy) is 1. The first-order valence-electron chi connectivity index (χ1n) is 7.92. The van der Waals surface area contributed by atoms with Crippen molar-refractivity contribution >= 4 is 21.6 Å². The van der Waals surface area contributed by atoms with E-state index in [-0.39, 0.29) is 23.9 Å². The molecule has 0 radical (unpaired) electrons. The van der Waals surface area contributed by atoms with Gasteiger partial charge in [0, 0.05) is 25.2 Å². The molecular formula is C16H22N2O4S. The Kier molecular flexibility index (Phi) is 4.33. The Morgan fingerprint density at radius 1 is 1.13 bits per heavy atom. The summed E-state index contributed by atoms with van der Waals surface area (Å²) >= 11 is 0. The number of morpholine rings is 1. The molecule has 0 aromatic heterocycles. The minimum atomic E-state index is -3.19. The molecule has 7 heteroatoms. The lowest BCUT2D eigenvalue weighted by molar-refractivity contribution is -0.0586. The van der Waals surface area contributed by atoms with Crippen LogP contribution in [0.25, 0.3) is 0 Å². The number of benzene rings is 1. The maximum Gasteiger partial charge on any atom is 0.254 e. The van der Waals surface area contributed by atoms with Crippen molar-refractivity contribution in [3.8, 4) is 0 Å². The maximum absolute atomic E-state index is 12.6. The fraction of sp³-hybridized carbons (Fsp3) is 0.562. The normalized spacial score (nSPS) is 27.2. The van der Waals surface area contributed by atoms with Crippen molar-refractivity contribution in [3.63, 3.8) is 0 Å². The molecule has 2 heterocycles. The van der Waals surface area contributed by atoms with Crippen LogP contribution in [0.1, 0.15) is 30.6 Å². The fourth-order valence-electron chi connectivity index (χ4n) is 3.23. The molecular weight excluding hydrogens is 316 g/mol. The third-order valence-electron chi connectivity index (χ3n) is 4.21. The highest BCUT2D eigenvalue weighted by Gasteiger charge is 2.29. The van der Waals surface area contributed by atoms with Gasteiger partial charge in [-0.05, 0) is 44.5 Å². The van der Waals surface area contributed by atoms with Crippen LogP contribution in [-0.4, -0.2) is 56.8 Å². The summed E-state index contributed by atoms with van der Waals surface area (Å²) in [5, 5.41) is 0. The number of carbonyl (C=O) groups is 1. The lowest BCUT2D eigenvalue weighted by atomic mass is 10.1. The highest BCUT2D eigenvalue weighted by Crippen LogP contribution is 2.24. The minimum absolute atomic E-state index is 0.0247. The molecule has 0 bridgehead atoms. The van der Waals surface area contributed by atoms with Crippen molar-refractivity contribution in [3.05, 3.63) is 29.8 Å². The Balaban J connectivity index is 1.75. The molecule has 6 nitrogen and oxygen atoms in total. The van der Waals surface area contributed by atoms with Gasteiger partial charge < -0.3 is 9.64 Å². The number of rotatable bonds is 2. The third-order valence-corrected chi connectivity index (χ3v) is 6.08. The zero-order valence-corrected chi connectivity index (χ0v) is 14.3. The molecule has 0 unspecified atom stereocenters. The standard InChI is InChI=1S/C16H22N2O4S/c1-12-10-17(11-13(2)22-12)16(19)14-4-6-15(7-5-14)18-8-3-9-23(18,20)21/h4-7,12-13H,3,8-11H2,1-2H3/t12-,13-/m1/s1. The summed E-state index contributed by atoms with van der Waals surface area (Å²) in [4.78, 5) is 14.4. The number of carbonyl (C=O) groups excluding carboxylic acids is 1. The van der Waals surface area contributed by atoms with Gasteiger partial charge in [0.2, 0.25) is 10.0 Å². The molecule has 0 aliphatic carbocycles. The van der Waals surface area contributed by atoms with E-state index < -0.39 is 10.0 Å². The first kappa shape index (κ1) is 16.3. The van der Waals surface area contributed by atoms with Gasteiger partial charge in [-0.25, -0.2) is 8.42 Å². The number of anilines is 1. The smallest absolute Gasteiger partial charge is 0.254 e. The first-order valence-corrected chi connectivity index (χ1v) is 9.53. The average molecular weight is 338 g/mol. The molecule has 23 heavy (non-hydrogen) atoms. The second kappa shape index (κ2) is 6.13. The van der Waals surface area contributed by atoms with Crippen LogP contribution in [0.5, 0.6) is 0 Å². The zero-order valence-electron chi connectivity index (χ0n) is 13.4. The molecule has 2 aliphatic rings. The summed E-state index contributed by atoms with van der Waals surface area (Å²) in [5.74, 6) is 0.153. The lowest BCUT2D eigenvalue weighted by Gasteiger charge is -2.35. The van der Waals surface area contributed by atoms with Gasteiger partial charge >= 0.3 is 0 Å². The largest absolute Gasteiger partial charge is 0.372 e. The molecule has 3 rings (SSSR count). The molecule has 126 valence electrons. The SMILES string of the molecule is C[C@@H]1CN(C(=O)c2ccc(N3CCCS3(=O)=O)cc2)C[C@@H](C)O1. The molecule has 0 saturated carbocycles. The van der Waals surface area contributed by atoms with Gasteiger partial charge in [-0.2, -0.15) is 0 Å². The molecule has 1 aromatic carbocycles. The minimum Gasteiger partial charge on any atom is -0.372 e. The zero-order chi connectivity index (χ0) is 16.6. The van der Waals surface area contributed by atoms with E-state index in [1.165, 1.54) is 4.31 Å². The summed E-state index contributed by atoms with van der Waals surface area (Å²) in [6.45, 7) is 5.57. The Labute approximate surface area is 137 Å². The van der Waals surface area contributed by atoms with E-state index >= 15 is 0 Å². The van der Waals surface area contributed by atoms with Crippen molar-refractivity contribution in [2.75, 3.05) is 29.7 Å². The van der Waals surface area contributed by atoms with E-state index in [4.69, 9.17) is 4.74 Å². The van der Waals surface area contributed by atoms with Gasteiger partial charge in [0.1, 0.15) is 0 Å². The van der Waals surface area contributed by atoms with Gasteiger partial charge in [0.05, 0.1) is 23.6 Å². The predicted octanol–water partition coefficient (Wildman–Crippen LogP) is 1.48. The second-order valence-electron chi connectivity index (χ2n) is 6.26. The number of amides is 1. The first-order chi connectivity index (χ1) is 10.9. The Hall–Kier alpha value is -1.60. The average Bonchev–Trinajstić information content (AvgIpc) is 2.85. The summed E-state index contributed by atoms with van der Waals surface area (Å²) in [6.07, 6.45) is 0.695. The summed E-state index contributed by atoms with van der Waals surface area (Å²) < 4.78 is 30.9. The number of sulfonamides is 1. The van der Waals surface area contributed by atoms with Crippen LogP contribution in [0, 0.1) is 0 Å². The Morgan fingerprint density at radius 3 is 2.26 bits per heavy atom. The van der Waals surface area contributed by atoms with Crippen LogP contribution >= 0.6 is 0 Å². The number of nitrogens with zero attached hydrogens (tertiary/aromatic N) is 2. The monoisotopic (exact) mass is 338 g/mol. The van der Waals surface area contributed by atoms with Crippen molar-refractivity contribution in [2.45, 2.75) is 32.5 Å². The lowest BCUT2D eigenvalue weighted by Crippen LogP contribution is -2.48. The van der Waals surface area contributed by atoms with Gasteiger partial charge in [-0.15, -0.1) is 0 Å². The number of hydrogen-bond acceptors (Lipinski definition) is 4. The van der Waals surface area contributed by atoms with E-state index in [9.17, 15) is 13.2 Å². The number of hydrogen-bond donors (Lipinski definition) is 0. The van der Waals surface area contributed by atoms with Crippen LogP contribution in [0.4, 0.5) is 5.69 Å². The second-order valence-corrected chi connectivity index (χ2v) is 8.27. The van der Waals surface area contributed by atoms with Crippen LogP contribution < -0.4 is 4.31 Å². The van der Waals surface area contributed by atoms with Crippen LogP contribution in [-0.2, 0) is 14.8 Å². The quantitative estimate of drug-likeness (QED) is 0.819. The van der Waals surface area contributed by atoms with Gasteiger partial charge in [0.25, 0.3) is 5.91 Å².